The lowest BCUT2D eigenvalue weighted by Crippen LogP contribution is -2.18. The van der Waals surface area contributed by atoms with Gasteiger partial charge in [-0.2, -0.15) is 12.6 Å². The van der Waals surface area contributed by atoms with E-state index in [4.69, 9.17) is 12.6 Å². The van der Waals surface area contributed by atoms with Gasteiger partial charge in [0, 0.05) is 16.8 Å². The molecular weight excluding hydrogens is 351 g/mol. The van der Waals surface area contributed by atoms with E-state index in [-0.39, 0.29) is 7.92 Å². The van der Waals surface area contributed by atoms with Crippen LogP contribution >= 0.6 is 20.6 Å². The Balaban J connectivity index is 1.74. The molecule has 0 bridgehead atoms. The standard InChI is InChI=1S/C24H25PS/c26-18-25-23(20-12-6-2-7-13-20)16-22(19-10-4-1-5-11-19)17-24(25)21-14-8-3-9-15-21/h1-15,22-24,26H,16-18H2. The third kappa shape index (κ3) is 3.75. The van der Waals surface area contributed by atoms with Crippen LogP contribution in [-0.2, 0) is 0 Å². The molecule has 26 heavy (non-hydrogen) atoms. The van der Waals surface area contributed by atoms with Crippen molar-refractivity contribution in [2.45, 2.75) is 30.1 Å². The summed E-state index contributed by atoms with van der Waals surface area (Å²) in [4.78, 5) is 0. The van der Waals surface area contributed by atoms with E-state index >= 15 is 0 Å². The normalized spacial score (nSPS) is 25.7. The van der Waals surface area contributed by atoms with Crippen LogP contribution in [0.4, 0.5) is 0 Å². The summed E-state index contributed by atoms with van der Waals surface area (Å²) < 4.78 is 0. The lowest BCUT2D eigenvalue weighted by Gasteiger charge is -2.43. The van der Waals surface area contributed by atoms with Crippen LogP contribution in [0.2, 0.25) is 0 Å². The molecule has 1 aliphatic rings. The van der Waals surface area contributed by atoms with Crippen LogP contribution in [-0.4, -0.2) is 5.49 Å². The topological polar surface area (TPSA) is 0 Å². The van der Waals surface area contributed by atoms with Crippen LogP contribution in [0.5, 0.6) is 0 Å². The SMILES string of the molecule is SCP1C(c2ccccc2)CC(c2ccccc2)CC1c1ccccc1. The van der Waals surface area contributed by atoms with Gasteiger partial charge in [0.25, 0.3) is 0 Å². The number of thiol groups is 1. The van der Waals surface area contributed by atoms with E-state index < -0.39 is 0 Å². The molecular formula is C24H25PS. The summed E-state index contributed by atoms with van der Waals surface area (Å²) in [5.41, 5.74) is 6.71. The molecule has 1 heterocycles. The van der Waals surface area contributed by atoms with Crippen molar-refractivity contribution in [2.75, 3.05) is 5.49 Å². The second-order valence-electron chi connectivity index (χ2n) is 7.09. The fraction of sp³-hybridized carbons (Fsp3) is 0.250. The Bertz CT molecular complexity index is 754. The monoisotopic (exact) mass is 376 g/mol. The maximum atomic E-state index is 4.83. The van der Waals surface area contributed by atoms with Crippen molar-refractivity contribution in [3.8, 4) is 0 Å². The summed E-state index contributed by atoms with van der Waals surface area (Å²) in [5, 5.41) is 0. The van der Waals surface area contributed by atoms with Crippen LogP contribution in [0.1, 0.15) is 46.8 Å². The Morgan fingerprint density at radius 3 is 1.38 bits per heavy atom. The Morgan fingerprint density at radius 2 is 1.00 bits per heavy atom. The first-order valence-corrected chi connectivity index (χ1v) is 11.7. The molecule has 0 aromatic heterocycles. The summed E-state index contributed by atoms with van der Waals surface area (Å²) in [5.74, 6) is 0.616. The minimum atomic E-state index is -0.202. The average molecular weight is 377 g/mol. The number of benzene rings is 3. The van der Waals surface area contributed by atoms with Gasteiger partial charge in [0.05, 0.1) is 0 Å². The van der Waals surface area contributed by atoms with Gasteiger partial charge in [-0.25, -0.2) is 0 Å². The van der Waals surface area contributed by atoms with Gasteiger partial charge in [0.15, 0.2) is 0 Å². The zero-order chi connectivity index (χ0) is 17.8. The molecule has 1 fully saturated rings. The third-order valence-corrected chi connectivity index (χ3v) is 9.54. The minimum absolute atomic E-state index is 0.202. The number of hydrogen-bond acceptors (Lipinski definition) is 1. The van der Waals surface area contributed by atoms with Crippen molar-refractivity contribution in [1.29, 1.82) is 0 Å². The zero-order valence-electron chi connectivity index (χ0n) is 14.9. The first kappa shape index (κ1) is 17.8. The molecule has 1 saturated heterocycles. The van der Waals surface area contributed by atoms with E-state index in [0.29, 0.717) is 17.2 Å². The van der Waals surface area contributed by atoms with E-state index in [2.05, 4.69) is 91.0 Å². The fourth-order valence-corrected chi connectivity index (χ4v) is 8.50. The van der Waals surface area contributed by atoms with E-state index in [9.17, 15) is 0 Å². The second-order valence-corrected chi connectivity index (χ2v) is 10.5. The van der Waals surface area contributed by atoms with E-state index in [1.54, 1.807) is 0 Å². The summed E-state index contributed by atoms with van der Waals surface area (Å²) >= 11 is 4.83. The van der Waals surface area contributed by atoms with Crippen LogP contribution in [0.15, 0.2) is 91.0 Å². The molecule has 0 amide bonds. The van der Waals surface area contributed by atoms with Crippen molar-refractivity contribution in [3.05, 3.63) is 108 Å². The predicted octanol–water partition coefficient (Wildman–Crippen LogP) is 7.42. The number of hydrogen-bond donors (Lipinski definition) is 1. The highest BCUT2D eigenvalue weighted by atomic mass is 32.1. The van der Waals surface area contributed by atoms with Gasteiger partial charge in [-0.1, -0.05) is 98.9 Å². The summed E-state index contributed by atoms with van der Waals surface area (Å²) in [6, 6.07) is 33.4. The fourth-order valence-electron chi connectivity index (χ4n) is 4.32. The smallest absolute Gasteiger partial charge is 0.0117 e. The van der Waals surface area contributed by atoms with Crippen LogP contribution in [0.25, 0.3) is 0 Å². The molecule has 0 radical (unpaired) electrons. The lowest BCUT2D eigenvalue weighted by molar-refractivity contribution is 0.528. The summed E-state index contributed by atoms with van der Waals surface area (Å²) in [6.07, 6.45) is 2.48. The average Bonchev–Trinajstić information content (AvgIpc) is 2.74. The molecule has 0 spiro atoms. The molecule has 3 aromatic carbocycles. The molecule has 2 heteroatoms. The highest BCUT2D eigenvalue weighted by molar-refractivity contribution is 7.89. The van der Waals surface area contributed by atoms with Gasteiger partial charge in [0.1, 0.15) is 0 Å². The molecule has 0 saturated carbocycles. The molecule has 0 aliphatic carbocycles. The number of rotatable bonds is 4. The molecule has 3 aromatic rings. The molecule has 132 valence electrons. The van der Waals surface area contributed by atoms with Crippen molar-refractivity contribution < 1.29 is 0 Å². The largest absolute Gasteiger partial charge is 0.175 e. The van der Waals surface area contributed by atoms with Crippen molar-refractivity contribution in [3.63, 3.8) is 0 Å². The van der Waals surface area contributed by atoms with Gasteiger partial charge in [-0.15, -0.1) is 0 Å². The molecule has 0 nitrogen and oxygen atoms in total. The minimum Gasteiger partial charge on any atom is -0.175 e. The zero-order valence-corrected chi connectivity index (χ0v) is 16.7. The Kier molecular flexibility index (Phi) is 5.78. The highest BCUT2D eigenvalue weighted by Gasteiger charge is 2.38. The van der Waals surface area contributed by atoms with Crippen LogP contribution in [0, 0.1) is 0 Å². The molecule has 4 rings (SSSR count). The lowest BCUT2D eigenvalue weighted by atomic mass is 9.86. The maximum absolute atomic E-state index is 4.83. The predicted molar refractivity (Wildman–Crippen MR) is 118 cm³/mol. The van der Waals surface area contributed by atoms with E-state index in [1.807, 2.05) is 0 Å². The van der Waals surface area contributed by atoms with Gasteiger partial charge in [0.2, 0.25) is 0 Å². The molecule has 1 aliphatic heterocycles. The highest BCUT2D eigenvalue weighted by Crippen LogP contribution is 2.70. The van der Waals surface area contributed by atoms with Crippen molar-refractivity contribution in [1.82, 2.24) is 0 Å². The summed E-state index contributed by atoms with van der Waals surface area (Å²) in [6.45, 7) is 0. The van der Waals surface area contributed by atoms with Crippen LogP contribution in [0.3, 0.4) is 0 Å². The van der Waals surface area contributed by atoms with Crippen LogP contribution < -0.4 is 0 Å². The second kappa shape index (κ2) is 8.42. The van der Waals surface area contributed by atoms with E-state index in [0.717, 1.165) is 5.49 Å². The first-order chi connectivity index (χ1) is 12.9. The quantitative estimate of drug-likeness (QED) is 0.355. The third-order valence-electron chi connectivity index (χ3n) is 5.62. The summed E-state index contributed by atoms with van der Waals surface area (Å²) in [7, 11) is -0.202. The van der Waals surface area contributed by atoms with Gasteiger partial charge < -0.3 is 0 Å². The molecule has 0 N–H and O–H groups in total. The Hall–Kier alpha value is -1.56. The first-order valence-electron chi connectivity index (χ1n) is 9.38. The van der Waals surface area contributed by atoms with Gasteiger partial charge in [-0.05, 0) is 35.4 Å². The molecule has 2 unspecified atom stereocenters. The maximum Gasteiger partial charge on any atom is 0.0117 e. The Labute approximate surface area is 163 Å². The van der Waals surface area contributed by atoms with Gasteiger partial charge in [-0.3, -0.25) is 0 Å². The van der Waals surface area contributed by atoms with E-state index in [1.165, 1.54) is 29.5 Å². The molecule has 2 atom stereocenters. The van der Waals surface area contributed by atoms with Gasteiger partial charge >= 0.3 is 0 Å². The van der Waals surface area contributed by atoms with Crippen molar-refractivity contribution >= 4 is 20.6 Å². The Morgan fingerprint density at radius 1 is 0.615 bits per heavy atom. The van der Waals surface area contributed by atoms with Crippen molar-refractivity contribution in [2.24, 2.45) is 0 Å².